The van der Waals surface area contributed by atoms with Gasteiger partial charge < -0.3 is 5.11 Å². The lowest BCUT2D eigenvalue weighted by Gasteiger charge is -1.95. The highest BCUT2D eigenvalue weighted by Gasteiger charge is 2.08. The molecule has 2 N–H and O–H groups in total. The number of aromatic carboxylic acids is 1. The minimum absolute atomic E-state index is 0.0746. The van der Waals surface area contributed by atoms with E-state index < -0.39 is 5.97 Å². The number of pyridine rings is 1. The van der Waals surface area contributed by atoms with Crippen LogP contribution in [0.4, 0.5) is 0 Å². The number of carboxylic acids is 1. The van der Waals surface area contributed by atoms with Crippen molar-refractivity contribution in [2.45, 2.75) is 6.92 Å². The maximum atomic E-state index is 10.6. The molecule has 2 rings (SSSR count). The van der Waals surface area contributed by atoms with E-state index in [0.29, 0.717) is 5.69 Å². The summed E-state index contributed by atoms with van der Waals surface area (Å²) in [5, 5.41) is 15.0. The van der Waals surface area contributed by atoms with E-state index in [0.717, 1.165) is 11.3 Å². The highest BCUT2D eigenvalue weighted by Crippen LogP contribution is 2.16. The smallest absolute Gasteiger partial charge is 0.353 e. The Morgan fingerprint density at radius 3 is 2.80 bits per heavy atom. The predicted molar refractivity (Wildman–Crippen MR) is 53.5 cm³/mol. The van der Waals surface area contributed by atoms with Crippen LogP contribution < -0.4 is 0 Å². The second-order valence-electron chi connectivity index (χ2n) is 3.16. The molecule has 5 heteroatoms. The molecule has 0 aliphatic rings. The zero-order valence-corrected chi connectivity index (χ0v) is 8.06. The first-order chi connectivity index (χ1) is 7.16. The van der Waals surface area contributed by atoms with Gasteiger partial charge in [-0.1, -0.05) is 0 Å². The number of aromatic nitrogens is 3. The number of nitrogens with zero attached hydrogens (tertiary/aromatic N) is 2. The van der Waals surface area contributed by atoms with Crippen LogP contribution in [0.25, 0.3) is 11.3 Å². The number of carbonyl (C=O) groups is 1. The van der Waals surface area contributed by atoms with E-state index in [-0.39, 0.29) is 5.69 Å². The summed E-state index contributed by atoms with van der Waals surface area (Å²) in [5.74, 6) is -1.02. The number of hydrogen-bond acceptors (Lipinski definition) is 3. The van der Waals surface area contributed by atoms with E-state index >= 15 is 0 Å². The first-order valence-electron chi connectivity index (χ1n) is 4.38. The number of aryl methyl sites for hydroxylation is 1. The third-order valence-corrected chi connectivity index (χ3v) is 2.02. The summed E-state index contributed by atoms with van der Waals surface area (Å²) < 4.78 is 0. The fourth-order valence-corrected chi connectivity index (χ4v) is 1.20. The maximum Gasteiger partial charge on any atom is 0.353 e. The summed E-state index contributed by atoms with van der Waals surface area (Å²) in [4.78, 5) is 14.7. The van der Waals surface area contributed by atoms with Crippen LogP contribution >= 0.6 is 0 Å². The van der Waals surface area contributed by atoms with Crippen molar-refractivity contribution < 1.29 is 9.90 Å². The summed E-state index contributed by atoms with van der Waals surface area (Å²) in [6.07, 6.45) is 1.66. The molecule has 76 valence electrons. The number of rotatable bonds is 2. The van der Waals surface area contributed by atoms with Crippen LogP contribution in [0.5, 0.6) is 0 Å². The molecule has 0 amide bonds. The summed E-state index contributed by atoms with van der Waals surface area (Å²) >= 11 is 0. The second-order valence-corrected chi connectivity index (χ2v) is 3.16. The molecule has 0 fully saturated rings. The first kappa shape index (κ1) is 9.39. The molecule has 5 nitrogen and oxygen atoms in total. The Labute approximate surface area is 85.8 Å². The van der Waals surface area contributed by atoms with E-state index in [4.69, 9.17) is 5.11 Å². The molecule has 2 aromatic heterocycles. The van der Waals surface area contributed by atoms with Gasteiger partial charge in [-0.15, -0.1) is 0 Å². The SMILES string of the molecule is Cc1ccc(-c2cc(C(=O)O)[nH]n2)cn1. The van der Waals surface area contributed by atoms with E-state index in [2.05, 4.69) is 15.2 Å². The largest absolute Gasteiger partial charge is 0.477 e. The number of nitrogens with one attached hydrogen (secondary N) is 1. The topological polar surface area (TPSA) is 78.9 Å². The fourth-order valence-electron chi connectivity index (χ4n) is 1.20. The van der Waals surface area contributed by atoms with Gasteiger partial charge in [0.25, 0.3) is 0 Å². The lowest BCUT2D eigenvalue weighted by molar-refractivity contribution is 0.0690. The molecule has 0 bridgehead atoms. The lowest BCUT2D eigenvalue weighted by Crippen LogP contribution is -1.95. The monoisotopic (exact) mass is 203 g/mol. The van der Waals surface area contributed by atoms with Gasteiger partial charge in [-0.3, -0.25) is 10.1 Å². The second kappa shape index (κ2) is 3.53. The van der Waals surface area contributed by atoms with Gasteiger partial charge in [0.2, 0.25) is 0 Å². The van der Waals surface area contributed by atoms with Gasteiger partial charge in [0, 0.05) is 17.5 Å². The molecule has 0 aliphatic carbocycles. The Kier molecular flexibility index (Phi) is 2.21. The molecule has 0 spiro atoms. The molecule has 0 saturated heterocycles. The van der Waals surface area contributed by atoms with Gasteiger partial charge in [0.1, 0.15) is 5.69 Å². The van der Waals surface area contributed by atoms with Crippen molar-refractivity contribution in [3.63, 3.8) is 0 Å². The van der Waals surface area contributed by atoms with Gasteiger partial charge in [-0.2, -0.15) is 5.10 Å². The van der Waals surface area contributed by atoms with Crippen molar-refractivity contribution in [1.82, 2.24) is 15.2 Å². The molecular weight excluding hydrogens is 194 g/mol. The molecule has 15 heavy (non-hydrogen) atoms. The van der Waals surface area contributed by atoms with E-state index in [1.807, 2.05) is 19.1 Å². The predicted octanol–water partition coefficient (Wildman–Crippen LogP) is 1.48. The number of H-pyrrole nitrogens is 1. The van der Waals surface area contributed by atoms with Crippen molar-refractivity contribution in [2.24, 2.45) is 0 Å². The molecule has 0 saturated carbocycles. The van der Waals surface area contributed by atoms with Gasteiger partial charge in [0.15, 0.2) is 0 Å². The molecule has 2 heterocycles. The van der Waals surface area contributed by atoms with Crippen LogP contribution in [-0.2, 0) is 0 Å². The normalized spacial score (nSPS) is 10.2. The molecule has 0 aromatic carbocycles. The quantitative estimate of drug-likeness (QED) is 0.774. The van der Waals surface area contributed by atoms with Crippen molar-refractivity contribution in [3.05, 3.63) is 35.8 Å². The van der Waals surface area contributed by atoms with Crippen LogP contribution in [0.2, 0.25) is 0 Å². The number of carboxylic acid groups (broad SMARTS) is 1. The van der Waals surface area contributed by atoms with Gasteiger partial charge in [-0.05, 0) is 25.1 Å². The molecule has 0 unspecified atom stereocenters. The van der Waals surface area contributed by atoms with Crippen LogP contribution in [0, 0.1) is 6.92 Å². The van der Waals surface area contributed by atoms with Crippen molar-refractivity contribution >= 4 is 5.97 Å². The molecule has 0 atom stereocenters. The Bertz CT molecular complexity index is 488. The van der Waals surface area contributed by atoms with E-state index in [9.17, 15) is 4.79 Å². The lowest BCUT2D eigenvalue weighted by atomic mass is 10.2. The highest BCUT2D eigenvalue weighted by molar-refractivity contribution is 5.86. The molecule has 2 aromatic rings. The van der Waals surface area contributed by atoms with Crippen molar-refractivity contribution in [3.8, 4) is 11.3 Å². The standard InChI is InChI=1S/C10H9N3O2/c1-6-2-3-7(5-11-6)8-4-9(10(14)15)13-12-8/h2-5H,1H3,(H,12,13)(H,14,15). The number of aromatic amines is 1. The zero-order chi connectivity index (χ0) is 10.8. The van der Waals surface area contributed by atoms with Gasteiger partial charge >= 0.3 is 5.97 Å². The Balaban J connectivity index is 2.37. The maximum absolute atomic E-state index is 10.6. The minimum Gasteiger partial charge on any atom is -0.477 e. The average Bonchev–Trinajstić information content (AvgIpc) is 2.68. The third-order valence-electron chi connectivity index (χ3n) is 2.02. The summed E-state index contributed by atoms with van der Waals surface area (Å²) in [6.45, 7) is 1.89. The zero-order valence-electron chi connectivity index (χ0n) is 8.06. The first-order valence-corrected chi connectivity index (χ1v) is 4.38. The van der Waals surface area contributed by atoms with Crippen LogP contribution in [0.15, 0.2) is 24.4 Å². The summed E-state index contributed by atoms with van der Waals surface area (Å²) in [7, 11) is 0. The molecule has 0 aliphatic heterocycles. The van der Waals surface area contributed by atoms with Gasteiger partial charge in [0.05, 0.1) is 5.69 Å². The average molecular weight is 203 g/mol. The Hall–Kier alpha value is -2.17. The van der Waals surface area contributed by atoms with Gasteiger partial charge in [-0.25, -0.2) is 4.79 Å². The van der Waals surface area contributed by atoms with Crippen LogP contribution in [0.3, 0.4) is 0 Å². The van der Waals surface area contributed by atoms with Crippen molar-refractivity contribution in [2.75, 3.05) is 0 Å². The van der Waals surface area contributed by atoms with Crippen molar-refractivity contribution in [1.29, 1.82) is 0 Å². The fraction of sp³-hybridized carbons (Fsp3) is 0.100. The van der Waals surface area contributed by atoms with Crippen LogP contribution in [-0.4, -0.2) is 26.3 Å². The Morgan fingerprint density at radius 1 is 1.47 bits per heavy atom. The summed E-state index contributed by atoms with van der Waals surface area (Å²) in [5.41, 5.74) is 2.36. The molecule has 0 radical (unpaired) electrons. The van der Waals surface area contributed by atoms with E-state index in [1.54, 1.807) is 6.20 Å². The third kappa shape index (κ3) is 1.85. The van der Waals surface area contributed by atoms with Crippen LogP contribution in [0.1, 0.15) is 16.2 Å². The molecular formula is C10H9N3O2. The number of hydrogen-bond donors (Lipinski definition) is 2. The Morgan fingerprint density at radius 2 is 2.27 bits per heavy atom. The highest BCUT2D eigenvalue weighted by atomic mass is 16.4. The van der Waals surface area contributed by atoms with E-state index in [1.165, 1.54) is 6.07 Å². The summed E-state index contributed by atoms with van der Waals surface area (Å²) in [6, 6.07) is 5.18. The minimum atomic E-state index is -1.02.